The third-order valence-electron chi connectivity index (χ3n) is 5.52. The van der Waals surface area contributed by atoms with Crippen LogP contribution in [0.15, 0.2) is 48.5 Å². The Balaban J connectivity index is 1.40. The molecule has 9 heteroatoms. The fourth-order valence-corrected chi connectivity index (χ4v) is 4.99. The van der Waals surface area contributed by atoms with E-state index in [1.165, 1.54) is 18.4 Å². The smallest absolute Gasteiger partial charge is 0.339 e. The summed E-state index contributed by atoms with van der Waals surface area (Å²) in [7, 11) is 1.38. The Bertz CT molecular complexity index is 1150. The molecule has 1 unspecified atom stereocenters. The predicted octanol–water partition coefficient (Wildman–Crippen LogP) is 5.35. The highest BCUT2D eigenvalue weighted by Gasteiger charge is 2.25. The van der Waals surface area contributed by atoms with E-state index in [4.69, 9.17) is 16.3 Å². The van der Waals surface area contributed by atoms with Crippen LogP contribution in [-0.2, 0) is 4.74 Å². The summed E-state index contributed by atoms with van der Waals surface area (Å²) in [6.07, 6.45) is 1.77. The fourth-order valence-electron chi connectivity index (χ4n) is 3.90. The maximum Gasteiger partial charge on any atom is 0.339 e. The van der Waals surface area contributed by atoms with Crippen molar-refractivity contribution in [2.45, 2.75) is 25.8 Å². The molecule has 0 aliphatic carbocycles. The molecule has 0 spiro atoms. The molecule has 3 aromatic rings. The lowest BCUT2D eigenvalue weighted by molar-refractivity contribution is 0.0601. The van der Waals surface area contributed by atoms with Gasteiger partial charge in [-0.1, -0.05) is 47.2 Å². The van der Waals surface area contributed by atoms with Crippen LogP contribution in [0, 0.1) is 6.92 Å². The van der Waals surface area contributed by atoms with E-state index in [9.17, 15) is 9.59 Å². The summed E-state index contributed by atoms with van der Waals surface area (Å²) < 4.78 is 4.92. The van der Waals surface area contributed by atoms with Crippen LogP contribution in [0.4, 0.5) is 15.5 Å². The number of piperidine rings is 1. The van der Waals surface area contributed by atoms with Crippen molar-refractivity contribution < 1.29 is 14.3 Å². The molecule has 1 atom stereocenters. The average Bonchev–Trinajstić information content (AvgIpc) is 3.19. The normalized spacial score (nSPS) is 15.7. The fraction of sp³-hybridized carbons (Fsp3) is 0.292. The predicted molar refractivity (Wildman–Crippen MR) is 132 cm³/mol. The van der Waals surface area contributed by atoms with Gasteiger partial charge in [-0.05, 0) is 44.0 Å². The van der Waals surface area contributed by atoms with Gasteiger partial charge < -0.3 is 15.0 Å². The Hall–Kier alpha value is -3.10. The number of aryl methyl sites for hydroxylation is 1. The summed E-state index contributed by atoms with van der Waals surface area (Å²) in [5.41, 5.74) is 3.06. The number of carbonyl (C=O) groups excluding carboxylic acids is 2. The lowest BCUT2D eigenvalue weighted by atomic mass is 10.0. The minimum Gasteiger partial charge on any atom is -0.465 e. The van der Waals surface area contributed by atoms with E-state index in [1.807, 2.05) is 49.4 Å². The summed E-state index contributed by atoms with van der Waals surface area (Å²) in [6.45, 7) is 3.29. The van der Waals surface area contributed by atoms with Crippen LogP contribution in [0.25, 0.3) is 10.6 Å². The molecule has 0 radical (unpaired) electrons. The second-order valence-electron chi connectivity index (χ2n) is 7.83. The van der Waals surface area contributed by atoms with Crippen LogP contribution in [0.2, 0.25) is 5.02 Å². The van der Waals surface area contributed by atoms with Crippen LogP contribution in [0.5, 0.6) is 0 Å². The van der Waals surface area contributed by atoms with Crippen LogP contribution in [0.1, 0.15) is 28.9 Å². The molecule has 1 aliphatic heterocycles. The van der Waals surface area contributed by atoms with Crippen molar-refractivity contribution in [1.82, 2.24) is 10.3 Å². The van der Waals surface area contributed by atoms with Gasteiger partial charge in [0.05, 0.1) is 24.1 Å². The summed E-state index contributed by atoms with van der Waals surface area (Å²) in [5, 5.41) is 8.21. The van der Waals surface area contributed by atoms with Gasteiger partial charge >= 0.3 is 12.0 Å². The van der Waals surface area contributed by atoms with Crippen molar-refractivity contribution in [1.29, 1.82) is 0 Å². The number of anilines is 2. The van der Waals surface area contributed by atoms with Gasteiger partial charge in [-0.15, -0.1) is 0 Å². The number of para-hydroxylation sites is 1. The summed E-state index contributed by atoms with van der Waals surface area (Å²) in [6, 6.07) is 14.5. The topological polar surface area (TPSA) is 83.6 Å². The minimum atomic E-state index is -0.365. The largest absolute Gasteiger partial charge is 0.465 e. The van der Waals surface area contributed by atoms with E-state index in [1.54, 1.807) is 6.07 Å². The number of hydrogen-bond acceptors (Lipinski definition) is 6. The SMILES string of the molecule is COC(=O)c1ccccc1N1CCCC(NC(=O)Nc2sc(-c3ccc(Cl)cc3)nc2C)C1. The lowest BCUT2D eigenvalue weighted by Crippen LogP contribution is -2.49. The maximum atomic E-state index is 12.7. The molecule has 1 saturated heterocycles. The average molecular weight is 485 g/mol. The number of nitrogens with zero attached hydrogens (tertiary/aromatic N) is 2. The zero-order valence-corrected chi connectivity index (χ0v) is 20.0. The number of esters is 1. The third kappa shape index (κ3) is 5.46. The highest BCUT2D eigenvalue weighted by molar-refractivity contribution is 7.19. The van der Waals surface area contributed by atoms with Crippen molar-refractivity contribution in [2.75, 3.05) is 30.4 Å². The second-order valence-corrected chi connectivity index (χ2v) is 9.27. The molecule has 1 aliphatic rings. The number of ether oxygens (including phenoxy) is 1. The molecule has 33 heavy (non-hydrogen) atoms. The quantitative estimate of drug-likeness (QED) is 0.477. The molecule has 2 N–H and O–H groups in total. The molecule has 4 rings (SSSR count). The molecule has 0 bridgehead atoms. The summed E-state index contributed by atoms with van der Waals surface area (Å²) >= 11 is 7.40. The van der Waals surface area contributed by atoms with E-state index >= 15 is 0 Å². The number of amides is 2. The first kappa shape index (κ1) is 23.1. The molecule has 1 aromatic heterocycles. The first-order valence-corrected chi connectivity index (χ1v) is 11.9. The Labute approximate surface area is 201 Å². The van der Waals surface area contributed by atoms with Gasteiger partial charge in [0, 0.05) is 29.7 Å². The third-order valence-corrected chi connectivity index (χ3v) is 6.90. The number of thiazole rings is 1. The highest BCUT2D eigenvalue weighted by Crippen LogP contribution is 2.32. The zero-order valence-electron chi connectivity index (χ0n) is 18.4. The highest BCUT2D eigenvalue weighted by atomic mass is 35.5. The van der Waals surface area contributed by atoms with Crippen LogP contribution >= 0.6 is 22.9 Å². The summed E-state index contributed by atoms with van der Waals surface area (Å²) in [4.78, 5) is 31.6. The first-order chi connectivity index (χ1) is 15.9. The molecular weight excluding hydrogens is 460 g/mol. The van der Waals surface area contributed by atoms with Crippen molar-refractivity contribution in [3.8, 4) is 10.6 Å². The van der Waals surface area contributed by atoms with Gasteiger partial charge in [-0.2, -0.15) is 0 Å². The lowest BCUT2D eigenvalue weighted by Gasteiger charge is -2.35. The minimum absolute atomic E-state index is 0.0478. The standard InChI is InChI=1S/C24H25ClN4O3S/c1-15-21(33-22(26-15)16-9-11-17(25)12-10-16)28-24(31)27-18-6-5-13-29(14-18)20-8-4-3-7-19(20)23(30)32-2/h3-4,7-12,18H,5-6,13-14H2,1-2H3,(H2,27,28,31). The van der Waals surface area contributed by atoms with Crippen molar-refractivity contribution in [3.05, 3.63) is 64.8 Å². The Kier molecular flexibility index (Phi) is 7.15. The van der Waals surface area contributed by atoms with Gasteiger partial charge in [-0.25, -0.2) is 14.6 Å². The van der Waals surface area contributed by atoms with E-state index in [0.717, 1.165) is 41.3 Å². The summed E-state index contributed by atoms with van der Waals surface area (Å²) in [5.74, 6) is -0.365. The number of methoxy groups -OCH3 is 1. The number of halogens is 1. The number of urea groups is 1. The van der Waals surface area contributed by atoms with Crippen molar-refractivity contribution in [2.24, 2.45) is 0 Å². The molecule has 2 heterocycles. The number of carbonyl (C=O) groups is 2. The number of nitrogens with one attached hydrogen (secondary N) is 2. The van der Waals surface area contributed by atoms with Crippen LogP contribution in [-0.4, -0.2) is 43.2 Å². The van der Waals surface area contributed by atoms with Gasteiger partial charge in [-0.3, -0.25) is 5.32 Å². The Morgan fingerprint density at radius 3 is 2.70 bits per heavy atom. The molecule has 7 nitrogen and oxygen atoms in total. The zero-order chi connectivity index (χ0) is 23.4. The van der Waals surface area contributed by atoms with E-state index in [-0.39, 0.29) is 18.0 Å². The van der Waals surface area contributed by atoms with Gasteiger partial charge in [0.25, 0.3) is 0 Å². The van der Waals surface area contributed by atoms with E-state index < -0.39 is 0 Å². The number of rotatable bonds is 5. The molecule has 172 valence electrons. The number of aromatic nitrogens is 1. The van der Waals surface area contributed by atoms with Gasteiger partial charge in [0.2, 0.25) is 0 Å². The van der Waals surface area contributed by atoms with E-state index in [0.29, 0.717) is 22.1 Å². The van der Waals surface area contributed by atoms with Gasteiger partial charge in [0.1, 0.15) is 10.0 Å². The Morgan fingerprint density at radius 1 is 1.18 bits per heavy atom. The molecule has 2 aromatic carbocycles. The van der Waals surface area contributed by atoms with Gasteiger partial charge in [0.15, 0.2) is 0 Å². The monoisotopic (exact) mass is 484 g/mol. The Morgan fingerprint density at radius 2 is 1.94 bits per heavy atom. The molecule has 0 saturated carbocycles. The molecule has 1 fully saturated rings. The molecule has 2 amide bonds. The number of benzene rings is 2. The second kappa shape index (κ2) is 10.2. The van der Waals surface area contributed by atoms with E-state index in [2.05, 4.69) is 20.5 Å². The number of hydrogen-bond donors (Lipinski definition) is 2. The molecular formula is C24H25ClN4O3S. The van der Waals surface area contributed by atoms with Crippen LogP contribution < -0.4 is 15.5 Å². The maximum absolute atomic E-state index is 12.7. The first-order valence-electron chi connectivity index (χ1n) is 10.7. The van der Waals surface area contributed by atoms with Crippen LogP contribution in [0.3, 0.4) is 0 Å². The van der Waals surface area contributed by atoms with Crippen molar-refractivity contribution >= 4 is 45.6 Å². The van der Waals surface area contributed by atoms with Crippen molar-refractivity contribution in [3.63, 3.8) is 0 Å².